The van der Waals surface area contributed by atoms with Crippen molar-refractivity contribution >= 4 is 5.91 Å². The number of halogens is 1. The summed E-state index contributed by atoms with van der Waals surface area (Å²) in [5.74, 6) is -0.498. The van der Waals surface area contributed by atoms with Gasteiger partial charge in [-0.25, -0.2) is 9.07 Å². The summed E-state index contributed by atoms with van der Waals surface area (Å²) in [6, 6.07) is 6.18. The maximum atomic E-state index is 12.9. The fourth-order valence-electron chi connectivity index (χ4n) is 2.75. The molecule has 1 aromatic carbocycles. The molecule has 7 nitrogen and oxygen atoms in total. The third-order valence-electron chi connectivity index (χ3n) is 4.34. The lowest BCUT2D eigenvalue weighted by atomic mass is 10.2. The number of hydrogen-bond donors (Lipinski definition) is 1. The average molecular weight is 346 g/mol. The zero-order valence-corrected chi connectivity index (χ0v) is 14.4. The van der Waals surface area contributed by atoms with Crippen LogP contribution in [0, 0.1) is 5.82 Å². The summed E-state index contributed by atoms with van der Waals surface area (Å²) in [6.45, 7) is 6.05. The van der Waals surface area contributed by atoms with Gasteiger partial charge in [0.05, 0.1) is 12.7 Å². The number of hydrogen-bond acceptors (Lipinski definition) is 5. The lowest BCUT2D eigenvalue weighted by molar-refractivity contribution is 0.0936. The first-order chi connectivity index (χ1) is 12.1. The highest BCUT2D eigenvalue weighted by atomic mass is 19.1. The Labute approximate surface area is 146 Å². The Hall–Kier alpha value is -2.32. The molecule has 1 N–H and O–H groups in total. The number of likely N-dealkylation sites (N-methyl/N-ethyl adjacent to an activating group) is 1. The van der Waals surface area contributed by atoms with E-state index in [2.05, 4.69) is 32.5 Å². The fraction of sp³-hybridized carbons (Fsp3) is 0.471. The Kier molecular flexibility index (Phi) is 5.72. The highest BCUT2D eigenvalue weighted by molar-refractivity contribution is 5.91. The van der Waals surface area contributed by atoms with Gasteiger partial charge < -0.3 is 10.2 Å². The van der Waals surface area contributed by atoms with Crippen molar-refractivity contribution in [3.05, 3.63) is 47.5 Å². The van der Waals surface area contributed by atoms with Gasteiger partial charge in [-0.05, 0) is 24.7 Å². The highest BCUT2D eigenvalue weighted by Gasteiger charge is 2.15. The third-order valence-corrected chi connectivity index (χ3v) is 4.34. The molecular weight excluding hydrogens is 323 g/mol. The summed E-state index contributed by atoms with van der Waals surface area (Å²) in [7, 11) is 2.12. The van der Waals surface area contributed by atoms with Gasteiger partial charge in [0.2, 0.25) is 0 Å². The van der Waals surface area contributed by atoms with E-state index in [4.69, 9.17) is 0 Å². The lowest BCUT2D eigenvalue weighted by Crippen LogP contribution is -2.46. The minimum atomic E-state index is -0.275. The van der Waals surface area contributed by atoms with E-state index >= 15 is 0 Å². The van der Waals surface area contributed by atoms with Gasteiger partial charge in [-0.2, -0.15) is 0 Å². The number of carbonyl (C=O) groups excluding carboxylic acids is 1. The molecule has 0 bridgehead atoms. The molecule has 0 atom stereocenters. The summed E-state index contributed by atoms with van der Waals surface area (Å²) >= 11 is 0. The summed E-state index contributed by atoms with van der Waals surface area (Å²) in [5, 5.41) is 10.8. The normalized spacial score (nSPS) is 16.1. The van der Waals surface area contributed by atoms with Gasteiger partial charge in [0.25, 0.3) is 5.91 Å². The van der Waals surface area contributed by atoms with Gasteiger partial charge in [0, 0.05) is 39.3 Å². The van der Waals surface area contributed by atoms with Gasteiger partial charge in [-0.3, -0.25) is 9.69 Å². The highest BCUT2D eigenvalue weighted by Crippen LogP contribution is 2.05. The van der Waals surface area contributed by atoms with Crippen LogP contribution in [0.4, 0.5) is 4.39 Å². The summed E-state index contributed by atoms with van der Waals surface area (Å²) < 4.78 is 14.5. The number of piperazine rings is 1. The first-order valence-corrected chi connectivity index (χ1v) is 8.44. The molecule has 2 heterocycles. The van der Waals surface area contributed by atoms with E-state index in [0.717, 1.165) is 38.3 Å². The molecule has 2 aromatic rings. The molecule has 0 radical (unpaired) electrons. The van der Waals surface area contributed by atoms with Gasteiger partial charge in [-0.1, -0.05) is 17.3 Å². The first-order valence-electron chi connectivity index (χ1n) is 8.44. The monoisotopic (exact) mass is 346 g/mol. The van der Waals surface area contributed by atoms with Crippen LogP contribution in [0.25, 0.3) is 0 Å². The summed E-state index contributed by atoms with van der Waals surface area (Å²) in [4.78, 5) is 16.8. The number of amides is 1. The van der Waals surface area contributed by atoms with Crippen LogP contribution in [-0.2, 0) is 6.54 Å². The molecule has 0 aliphatic carbocycles. The first kappa shape index (κ1) is 17.5. The van der Waals surface area contributed by atoms with E-state index in [1.165, 1.54) is 12.1 Å². The Morgan fingerprint density at radius 1 is 1.20 bits per heavy atom. The Morgan fingerprint density at radius 3 is 2.64 bits per heavy atom. The fourth-order valence-corrected chi connectivity index (χ4v) is 2.75. The number of carbonyl (C=O) groups is 1. The molecule has 0 spiro atoms. The predicted octanol–water partition coefficient (Wildman–Crippen LogP) is 0.443. The number of benzene rings is 1. The molecule has 1 saturated heterocycles. The number of nitrogens with zero attached hydrogens (tertiary/aromatic N) is 5. The number of aromatic nitrogens is 3. The molecule has 0 saturated carbocycles. The molecule has 0 unspecified atom stereocenters. The second-order valence-corrected chi connectivity index (χ2v) is 6.33. The van der Waals surface area contributed by atoms with E-state index in [-0.39, 0.29) is 11.7 Å². The smallest absolute Gasteiger partial charge is 0.273 e. The predicted molar refractivity (Wildman–Crippen MR) is 91.8 cm³/mol. The SMILES string of the molecule is CN1CCN(CCNC(=O)c2cn(Cc3ccc(F)cc3)nn2)CC1. The van der Waals surface area contributed by atoms with E-state index in [9.17, 15) is 9.18 Å². The molecule has 1 fully saturated rings. The van der Waals surface area contributed by atoms with Gasteiger partial charge in [0.1, 0.15) is 5.82 Å². The van der Waals surface area contributed by atoms with Gasteiger partial charge in [0.15, 0.2) is 5.69 Å². The van der Waals surface area contributed by atoms with Gasteiger partial charge in [-0.15, -0.1) is 5.10 Å². The van der Waals surface area contributed by atoms with Crippen LogP contribution >= 0.6 is 0 Å². The van der Waals surface area contributed by atoms with Crippen molar-refractivity contribution in [2.24, 2.45) is 0 Å². The van der Waals surface area contributed by atoms with Crippen molar-refractivity contribution in [2.45, 2.75) is 6.54 Å². The Bertz CT molecular complexity index is 693. The molecule has 25 heavy (non-hydrogen) atoms. The minimum Gasteiger partial charge on any atom is -0.349 e. The van der Waals surface area contributed by atoms with Crippen molar-refractivity contribution in [1.82, 2.24) is 30.1 Å². The molecule has 134 valence electrons. The van der Waals surface area contributed by atoms with Crippen molar-refractivity contribution in [3.63, 3.8) is 0 Å². The average Bonchev–Trinajstić information content (AvgIpc) is 3.07. The second-order valence-electron chi connectivity index (χ2n) is 6.33. The molecule has 1 aromatic heterocycles. The molecule has 1 aliphatic heterocycles. The van der Waals surface area contributed by atoms with E-state index in [0.29, 0.717) is 18.8 Å². The number of nitrogens with one attached hydrogen (secondary N) is 1. The maximum absolute atomic E-state index is 12.9. The van der Waals surface area contributed by atoms with Crippen molar-refractivity contribution in [2.75, 3.05) is 46.3 Å². The topological polar surface area (TPSA) is 66.3 Å². The molecule has 1 aliphatic rings. The quantitative estimate of drug-likeness (QED) is 0.822. The van der Waals surface area contributed by atoms with Crippen LogP contribution in [0.2, 0.25) is 0 Å². The van der Waals surface area contributed by atoms with Crippen LogP contribution in [0.3, 0.4) is 0 Å². The second kappa shape index (κ2) is 8.17. The van der Waals surface area contributed by atoms with E-state index < -0.39 is 0 Å². The molecule has 8 heteroatoms. The standard InChI is InChI=1S/C17H23FN6O/c1-22-8-10-23(11-9-22)7-6-19-17(25)16-13-24(21-20-16)12-14-2-4-15(18)5-3-14/h2-5,13H,6-12H2,1H3,(H,19,25). The van der Waals surface area contributed by atoms with Crippen LogP contribution in [0.5, 0.6) is 0 Å². The third kappa shape index (κ3) is 5.07. The summed E-state index contributed by atoms with van der Waals surface area (Å²) in [5.41, 5.74) is 1.19. The Balaban J connectivity index is 1.45. The molecular formula is C17H23FN6O. The zero-order chi connectivity index (χ0) is 17.6. The molecule has 3 rings (SSSR count). The van der Waals surface area contributed by atoms with Crippen molar-refractivity contribution < 1.29 is 9.18 Å². The van der Waals surface area contributed by atoms with E-state index in [1.54, 1.807) is 23.0 Å². The lowest BCUT2D eigenvalue weighted by Gasteiger charge is -2.32. The van der Waals surface area contributed by atoms with E-state index in [1.807, 2.05) is 0 Å². The van der Waals surface area contributed by atoms with Crippen LogP contribution in [0.15, 0.2) is 30.5 Å². The van der Waals surface area contributed by atoms with Gasteiger partial charge >= 0.3 is 0 Å². The molecule has 1 amide bonds. The van der Waals surface area contributed by atoms with Crippen molar-refractivity contribution in [1.29, 1.82) is 0 Å². The zero-order valence-electron chi connectivity index (χ0n) is 14.4. The van der Waals surface area contributed by atoms with Crippen LogP contribution in [0.1, 0.15) is 16.1 Å². The summed E-state index contributed by atoms with van der Waals surface area (Å²) in [6.07, 6.45) is 1.61. The maximum Gasteiger partial charge on any atom is 0.273 e. The largest absolute Gasteiger partial charge is 0.349 e. The van der Waals surface area contributed by atoms with Crippen LogP contribution in [-0.4, -0.2) is 77.0 Å². The minimum absolute atomic E-state index is 0.223. The number of rotatable bonds is 6. The Morgan fingerprint density at radius 2 is 1.92 bits per heavy atom. The van der Waals surface area contributed by atoms with Crippen LogP contribution < -0.4 is 5.32 Å². The van der Waals surface area contributed by atoms with Crippen molar-refractivity contribution in [3.8, 4) is 0 Å².